The van der Waals surface area contributed by atoms with Crippen LogP contribution in [0.5, 0.6) is 5.75 Å². The molecule has 0 unspecified atom stereocenters. The Morgan fingerprint density at radius 3 is 2.50 bits per heavy atom. The normalized spacial score (nSPS) is 15.9. The summed E-state index contributed by atoms with van der Waals surface area (Å²) < 4.78 is 15.7. The van der Waals surface area contributed by atoms with Gasteiger partial charge in [0.2, 0.25) is 0 Å². The van der Waals surface area contributed by atoms with Crippen molar-refractivity contribution in [2.45, 2.75) is 32.7 Å². The molecule has 0 saturated carbocycles. The zero-order valence-corrected chi connectivity index (χ0v) is 19.0. The van der Waals surface area contributed by atoms with E-state index in [1.165, 1.54) is 18.4 Å². The Hall–Kier alpha value is -1.83. The molecule has 1 aliphatic rings. The molecule has 1 aromatic carbocycles. The van der Waals surface area contributed by atoms with Crippen LogP contribution in [0, 0.1) is 5.92 Å². The molecule has 1 aromatic rings. The number of aliphatic imine (C=N–C) groups is 1. The first-order valence-corrected chi connectivity index (χ1v) is 11.2. The highest BCUT2D eigenvalue weighted by molar-refractivity contribution is 5.79. The van der Waals surface area contributed by atoms with E-state index in [2.05, 4.69) is 34.6 Å². The molecule has 1 saturated heterocycles. The number of hydrogen-bond acceptors (Lipinski definition) is 5. The van der Waals surface area contributed by atoms with Gasteiger partial charge in [-0.15, -0.1) is 0 Å². The molecule has 7 heteroatoms. The van der Waals surface area contributed by atoms with Crippen LogP contribution in [-0.2, 0) is 16.0 Å². The second-order valence-corrected chi connectivity index (χ2v) is 7.67. The third kappa shape index (κ3) is 9.78. The summed E-state index contributed by atoms with van der Waals surface area (Å²) in [5.74, 6) is 2.49. The van der Waals surface area contributed by atoms with E-state index in [1.807, 2.05) is 12.1 Å². The Morgan fingerprint density at radius 2 is 1.83 bits per heavy atom. The van der Waals surface area contributed by atoms with Gasteiger partial charge < -0.3 is 24.8 Å². The van der Waals surface area contributed by atoms with Gasteiger partial charge in [-0.2, -0.15) is 0 Å². The van der Waals surface area contributed by atoms with Crippen LogP contribution in [0.2, 0.25) is 0 Å². The highest BCUT2D eigenvalue weighted by Crippen LogP contribution is 2.20. The molecule has 170 valence electrons. The number of methoxy groups -OCH3 is 2. The number of nitrogens with zero attached hydrogens (tertiary/aromatic N) is 2. The van der Waals surface area contributed by atoms with Crippen molar-refractivity contribution < 1.29 is 14.2 Å². The molecule has 1 fully saturated rings. The summed E-state index contributed by atoms with van der Waals surface area (Å²) in [6, 6.07) is 8.40. The third-order valence-electron chi connectivity index (χ3n) is 5.31. The van der Waals surface area contributed by atoms with E-state index >= 15 is 0 Å². The van der Waals surface area contributed by atoms with Crippen molar-refractivity contribution >= 4 is 5.96 Å². The van der Waals surface area contributed by atoms with Gasteiger partial charge in [-0.05, 0) is 62.9 Å². The molecule has 2 N–H and O–H groups in total. The van der Waals surface area contributed by atoms with Crippen molar-refractivity contribution in [2.75, 3.05) is 66.8 Å². The van der Waals surface area contributed by atoms with Crippen LogP contribution >= 0.6 is 0 Å². The molecule has 2 rings (SSSR count). The Balaban J connectivity index is 1.65. The quantitative estimate of drug-likeness (QED) is 0.290. The summed E-state index contributed by atoms with van der Waals surface area (Å²) in [6.45, 7) is 10.0. The van der Waals surface area contributed by atoms with Crippen molar-refractivity contribution in [3.05, 3.63) is 29.8 Å². The second-order valence-electron chi connectivity index (χ2n) is 7.67. The van der Waals surface area contributed by atoms with Crippen LogP contribution in [0.25, 0.3) is 0 Å². The fraction of sp³-hybridized carbons (Fsp3) is 0.696. The van der Waals surface area contributed by atoms with E-state index in [-0.39, 0.29) is 0 Å². The minimum atomic E-state index is 0.649. The molecule has 1 heterocycles. The predicted molar refractivity (Wildman–Crippen MR) is 122 cm³/mol. The van der Waals surface area contributed by atoms with Gasteiger partial charge in [0.1, 0.15) is 5.75 Å². The van der Waals surface area contributed by atoms with Crippen molar-refractivity contribution in [3.63, 3.8) is 0 Å². The first kappa shape index (κ1) is 24.4. The van der Waals surface area contributed by atoms with Gasteiger partial charge in [-0.25, -0.2) is 0 Å². The monoisotopic (exact) mass is 420 g/mol. The van der Waals surface area contributed by atoms with Gasteiger partial charge in [0.25, 0.3) is 0 Å². The number of nitrogens with one attached hydrogen (secondary N) is 2. The highest BCUT2D eigenvalue weighted by Gasteiger charge is 2.19. The number of rotatable bonds is 13. The lowest BCUT2D eigenvalue weighted by molar-refractivity contribution is 0.0698. The molecule has 0 amide bonds. The Kier molecular flexibility index (Phi) is 12.3. The molecule has 7 nitrogen and oxygen atoms in total. The lowest BCUT2D eigenvalue weighted by Crippen LogP contribution is -2.39. The number of likely N-dealkylation sites (tertiary alicyclic amines) is 1. The summed E-state index contributed by atoms with van der Waals surface area (Å²) in [6.07, 6.45) is 3.36. The van der Waals surface area contributed by atoms with E-state index in [4.69, 9.17) is 19.2 Å². The van der Waals surface area contributed by atoms with Crippen LogP contribution in [0.15, 0.2) is 29.3 Å². The van der Waals surface area contributed by atoms with Crippen LogP contribution in [0.4, 0.5) is 0 Å². The van der Waals surface area contributed by atoms with E-state index in [9.17, 15) is 0 Å². The fourth-order valence-corrected chi connectivity index (χ4v) is 3.50. The maximum atomic E-state index is 5.50. The first-order chi connectivity index (χ1) is 14.7. The lowest BCUT2D eigenvalue weighted by atomic mass is 9.96. The standard InChI is InChI=1S/C23H40N4O3/c1-4-24-23(25-12-5-15-30-17-16-28-2)26-18-20-10-13-27(14-11-20)19-21-6-8-22(29-3)9-7-21/h6-9,20H,4-5,10-19H2,1-3H3,(H2,24,25,26). The highest BCUT2D eigenvalue weighted by atomic mass is 16.5. The summed E-state index contributed by atoms with van der Waals surface area (Å²) in [5.41, 5.74) is 1.34. The van der Waals surface area contributed by atoms with Gasteiger partial charge in [-0.1, -0.05) is 12.1 Å². The maximum Gasteiger partial charge on any atom is 0.191 e. The second kappa shape index (κ2) is 15.0. The van der Waals surface area contributed by atoms with E-state index in [0.29, 0.717) is 19.1 Å². The van der Waals surface area contributed by atoms with Crippen LogP contribution in [0.1, 0.15) is 31.7 Å². The van der Waals surface area contributed by atoms with Crippen molar-refractivity contribution in [1.29, 1.82) is 0 Å². The summed E-state index contributed by atoms with van der Waals surface area (Å²) in [4.78, 5) is 7.35. The largest absolute Gasteiger partial charge is 0.497 e. The SMILES string of the molecule is CCNC(=NCC1CCN(Cc2ccc(OC)cc2)CC1)NCCCOCCOC. The molecule has 30 heavy (non-hydrogen) atoms. The van der Waals surface area contributed by atoms with Crippen LogP contribution < -0.4 is 15.4 Å². The maximum absolute atomic E-state index is 5.50. The molecule has 0 bridgehead atoms. The zero-order valence-electron chi connectivity index (χ0n) is 19.0. The predicted octanol–water partition coefficient (Wildman–Crippen LogP) is 2.52. The number of ether oxygens (including phenoxy) is 3. The summed E-state index contributed by atoms with van der Waals surface area (Å²) in [7, 11) is 3.40. The number of hydrogen-bond donors (Lipinski definition) is 2. The molecule has 0 spiro atoms. The first-order valence-electron chi connectivity index (χ1n) is 11.2. The topological polar surface area (TPSA) is 67.4 Å². The van der Waals surface area contributed by atoms with E-state index < -0.39 is 0 Å². The average molecular weight is 421 g/mol. The van der Waals surface area contributed by atoms with E-state index in [1.54, 1.807) is 14.2 Å². The van der Waals surface area contributed by atoms with Crippen molar-refractivity contribution in [3.8, 4) is 5.75 Å². The minimum absolute atomic E-state index is 0.649. The lowest BCUT2D eigenvalue weighted by Gasteiger charge is -2.31. The molecule has 0 aromatic heterocycles. The Morgan fingerprint density at radius 1 is 1.07 bits per heavy atom. The van der Waals surface area contributed by atoms with Gasteiger partial charge in [-0.3, -0.25) is 9.89 Å². The number of benzene rings is 1. The van der Waals surface area contributed by atoms with Gasteiger partial charge in [0.15, 0.2) is 5.96 Å². The average Bonchev–Trinajstić information content (AvgIpc) is 2.78. The van der Waals surface area contributed by atoms with Gasteiger partial charge >= 0.3 is 0 Å². The van der Waals surface area contributed by atoms with Gasteiger partial charge in [0.05, 0.1) is 20.3 Å². The third-order valence-corrected chi connectivity index (χ3v) is 5.31. The summed E-state index contributed by atoms with van der Waals surface area (Å²) in [5, 5.41) is 6.75. The molecule has 0 aliphatic carbocycles. The van der Waals surface area contributed by atoms with Gasteiger partial charge in [0, 0.05) is 39.9 Å². The fourth-order valence-electron chi connectivity index (χ4n) is 3.50. The summed E-state index contributed by atoms with van der Waals surface area (Å²) >= 11 is 0. The van der Waals surface area contributed by atoms with Crippen LogP contribution in [-0.4, -0.2) is 77.6 Å². The van der Waals surface area contributed by atoms with Crippen LogP contribution in [0.3, 0.4) is 0 Å². The molecule has 1 aliphatic heterocycles. The Bertz CT molecular complexity index is 587. The van der Waals surface area contributed by atoms with E-state index in [0.717, 1.165) is 64.0 Å². The zero-order chi connectivity index (χ0) is 21.4. The van der Waals surface area contributed by atoms with Crippen molar-refractivity contribution in [1.82, 2.24) is 15.5 Å². The Labute approximate surface area is 182 Å². The molecule has 0 radical (unpaired) electrons. The van der Waals surface area contributed by atoms with Crippen molar-refractivity contribution in [2.24, 2.45) is 10.9 Å². The smallest absolute Gasteiger partial charge is 0.191 e. The molecular formula is C23H40N4O3. The molecular weight excluding hydrogens is 380 g/mol. The minimum Gasteiger partial charge on any atom is -0.497 e. The molecule has 0 atom stereocenters. The number of guanidine groups is 1. The number of piperidine rings is 1.